The Morgan fingerprint density at radius 2 is 1.80 bits per heavy atom. The van der Waals surface area contributed by atoms with E-state index >= 15 is 0 Å². The van der Waals surface area contributed by atoms with Gasteiger partial charge in [-0.2, -0.15) is 5.10 Å². The summed E-state index contributed by atoms with van der Waals surface area (Å²) < 4.78 is 0.911. The first kappa shape index (κ1) is 17.4. The number of benzene rings is 2. The van der Waals surface area contributed by atoms with Gasteiger partial charge in [0.25, 0.3) is 5.91 Å². The van der Waals surface area contributed by atoms with Crippen LogP contribution in [0.3, 0.4) is 0 Å². The van der Waals surface area contributed by atoms with Crippen molar-refractivity contribution in [3.8, 4) is 0 Å². The minimum absolute atomic E-state index is 0.0651. The van der Waals surface area contributed by atoms with Crippen LogP contribution in [0, 0.1) is 5.92 Å². The SMILES string of the molecule is C/C(=N\NC(=O)c1ccc(Br)cc1)c1cccc(NC(=O)C2CC2)c1. The van der Waals surface area contributed by atoms with E-state index in [0.29, 0.717) is 11.3 Å². The van der Waals surface area contributed by atoms with Crippen LogP contribution in [-0.2, 0) is 4.79 Å². The quantitative estimate of drug-likeness (QED) is 0.590. The summed E-state index contributed by atoms with van der Waals surface area (Å²) >= 11 is 3.33. The second-order valence-electron chi connectivity index (χ2n) is 5.99. The Morgan fingerprint density at radius 3 is 2.48 bits per heavy atom. The fourth-order valence-corrected chi connectivity index (χ4v) is 2.54. The average molecular weight is 400 g/mol. The van der Waals surface area contributed by atoms with E-state index in [1.807, 2.05) is 31.2 Å². The van der Waals surface area contributed by atoms with E-state index in [1.54, 1.807) is 24.3 Å². The van der Waals surface area contributed by atoms with Gasteiger partial charge in [-0.3, -0.25) is 9.59 Å². The minimum Gasteiger partial charge on any atom is -0.326 e. The molecular formula is C19H18BrN3O2. The first-order valence-electron chi connectivity index (χ1n) is 8.04. The third-order valence-corrected chi connectivity index (χ3v) is 4.46. The van der Waals surface area contributed by atoms with Crippen molar-refractivity contribution in [1.29, 1.82) is 0 Å². The molecule has 0 spiro atoms. The van der Waals surface area contributed by atoms with Gasteiger partial charge in [0.15, 0.2) is 0 Å². The Bertz CT molecular complexity index is 827. The third kappa shape index (κ3) is 4.76. The Labute approximate surface area is 154 Å². The van der Waals surface area contributed by atoms with Gasteiger partial charge in [0.1, 0.15) is 0 Å². The zero-order valence-corrected chi connectivity index (χ0v) is 15.3. The topological polar surface area (TPSA) is 70.6 Å². The summed E-state index contributed by atoms with van der Waals surface area (Å²) in [7, 11) is 0. The normalized spacial score (nSPS) is 14.1. The Balaban J connectivity index is 1.66. The van der Waals surface area contributed by atoms with Gasteiger partial charge in [0.05, 0.1) is 5.71 Å². The molecule has 25 heavy (non-hydrogen) atoms. The number of hydrogen-bond donors (Lipinski definition) is 2. The summed E-state index contributed by atoms with van der Waals surface area (Å²) in [5.41, 5.74) is 5.32. The number of carbonyl (C=O) groups excluding carboxylic acids is 2. The highest BCUT2D eigenvalue weighted by atomic mass is 79.9. The molecule has 0 radical (unpaired) electrons. The molecule has 1 aliphatic carbocycles. The number of nitrogens with zero attached hydrogens (tertiary/aromatic N) is 1. The van der Waals surface area contributed by atoms with E-state index in [9.17, 15) is 9.59 Å². The zero-order valence-electron chi connectivity index (χ0n) is 13.8. The Kier molecular flexibility index (Phi) is 5.28. The molecule has 2 aromatic rings. The van der Waals surface area contributed by atoms with Gasteiger partial charge in [0.2, 0.25) is 5.91 Å². The van der Waals surface area contributed by atoms with Crippen molar-refractivity contribution in [2.75, 3.05) is 5.32 Å². The fraction of sp³-hybridized carbons (Fsp3) is 0.211. The molecule has 2 amide bonds. The van der Waals surface area contributed by atoms with Crippen LogP contribution in [0.1, 0.15) is 35.7 Å². The summed E-state index contributed by atoms with van der Waals surface area (Å²) in [5.74, 6) is -0.0519. The largest absolute Gasteiger partial charge is 0.326 e. The predicted molar refractivity (Wildman–Crippen MR) is 102 cm³/mol. The van der Waals surface area contributed by atoms with Gasteiger partial charge in [-0.25, -0.2) is 5.43 Å². The maximum absolute atomic E-state index is 12.1. The van der Waals surface area contributed by atoms with E-state index < -0.39 is 0 Å². The van der Waals surface area contributed by atoms with E-state index in [0.717, 1.165) is 28.6 Å². The van der Waals surface area contributed by atoms with Crippen molar-refractivity contribution < 1.29 is 9.59 Å². The maximum atomic E-state index is 12.1. The van der Waals surface area contributed by atoms with Crippen molar-refractivity contribution in [3.05, 3.63) is 64.1 Å². The van der Waals surface area contributed by atoms with Gasteiger partial charge in [-0.05, 0) is 61.7 Å². The first-order valence-corrected chi connectivity index (χ1v) is 8.84. The molecule has 0 heterocycles. The molecule has 0 aromatic heterocycles. The highest BCUT2D eigenvalue weighted by Crippen LogP contribution is 2.30. The number of hydrazone groups is 1. The van der Waals surface area contributed by atoms with Crippen molar-refractivity contribution >= 4 is 39.1 Å². The van der Waals surface area contributed by atoms with Crippen LogP contribution in [0.15, 0.2) is 58.1 Å². The molecule has 0 atom stereocenters. The van der Waals surface area contributed by atoms with Crippen LogP contribution in [0.25, 0.3) is 0 Å². The summed E-state index contributed by atoms with van der Waals surface area (Å²) in [6, 6.07) is 14.5. The standard InChI is InChI=1S/C19H18BrN3O2/c1-12(22-23-19(25)14-7-9-16(20)10-8-14)15-3-2-4-17(11-15)21-18(24)13-5-6-13/h2-4,7-11,13H,5-6H2,1H3,(H,21,24)(H,23,25)/b22-12+. The Hall–Kier alpha value is -2.47. The lowest BCUT2D eigenvalue weighted by Gasteiger charge is -2.07. The summed E-state index contributed by atoms with van der Waals surface area (Å²) in [5, 5.41) is 7.06. The van der Waals surface area contributed by atoms with Crippen molar-refractivity contribution in [3.63, 3.8) is 0 Å². The van der Waals surface area contributed by atoms with Gasteiger partial charge in [0, 0.05) is 21.6 Å². The molecule has 2 aromatic carbocycles. The molecule has 0 unspecified atom stereocenters. The second-order valence-corrected chi connectivity index (χ2v) is 6.91. The summed E-state index contributed by atoms with van der Waals surface area (Å²) in [4.78, 5) is 23.9. The number of carbonyl (C=O) groups is 2. The third-order valence-electron chi connectivity index (χ3n) is 3.93. The first-order chi connectivity index (χ1) is 12.0. The van der Waals surface area contributed by atoms with Crippen molar-refractivity contribution in [1.82, 2.24) is 5.43 Å². The van der Waals surface area contributed by atoms with Crippen molar-refractivity contribution in [2.45, 2.75) is 19.8 Å². The van der Waals surface area contributed by atoms with Crippen LogP contribution in [0.5, 0.6) is 0 Å². The maximum Gasteiger partial charge on any atom is 0.271 e. The predicted octanol–water partition coefficient (Wildman–Crippen LogP) is 3.95. The van der Waals surface area contributed by atoms with E-state index in [-0.39, 0.29) is 17.7 Å². The molecule has 1 aliphatic rings. The fourth-order valence-electron chi connectivity index (χ4n) is 2.28. The van der Waals surface area contributed by atoms with E-state index in [2.05, 4.69) is 31.8 Å². The molecular weight excluding hydrogens is 382 g/mol. The van der Waals surface area contributed by atoms with Gasteiger partial charge in [-0.1, -0.05) is 28.1 Å². The molecule has 5 nitrogen and oxygen atoms in total. The molecule has 0 bridgehead atoms. The van der Waals surface area contributed by atoms with Gasteiger partial charge in [-0.15, -0.1) is 0 Å². The lowest BCUT2D eigenvalue weighted by atomic mass is 10.1. The zero-order chi connectivity index (χ0) is 17.8. The second kappa shape index (κ2) is 7.61. The van der Waals surface area contributed by atoms with Gasteiger partial charge < -0.3 is 5.32 Å². The number of anilines is 1. The monoisotopic (exact) mass is 399 g/mol. The highest BCUT2D eigenvalue weighted by molar-refractivity contribution is 9.10. The lowest BCUT2D eigenvalue weighted by molar-refractivity contribution is -0.117. The number of halogens is 1. The van der Waals surface area contributed by atoms with Crippen LogP contribution >= 0.6 is 15.9 Å². The summed E-state index contributed by atoms with van der Waals surface area (Å²) in [6.45, 7) is 1.81. The van der Waals surface area contributed by atoms with Crippen LogP contribution in [0.4, 0.5) is 5.69 Å². The number of nitrogens with one attached hydrogen (secondary N) is 2. The molecule has 6 heteroatoms. The smallest absolute Gasteiger partial charge is 0.271 e. The molecule has 3 rings (SSSR count). The lowest BCUT2D eigenvalue weighted by Crippen LogP contribution is -2.19. The number of hydrogen-bond acceptors (Lipinski definition) is 3. The van der Waals surface area contributed by atoms with Crippen LogP contribution < -0.4 is 10.7 Å². The molecule has 0 aliphatic heterocycles. The molecule has 1 fully saturated rings. The van der Waals surface area contributed by atoms with Crippen LogP contribution in [-0.4, -0.2) is 17.5 Å². The minimum atomic E-state index is -0.273. The molecule has 1 saturated carbocycles. The number of rotatable bonds is 5. The van der Waals surface area contributed by atoms with Crippen LogP contribution in [0.2, 0.25) is 0 Å². The average Bonchev–Trinajstić information content (AvgIpc) is 3.45. The highest BCUT2D eigenvalue weighted by Gasteiger charge is 2.29. The van der Waals surface area contributed by atoms with E-state index in [4.69, 9.17) is 0 Å². The molecule has 128 valence electrons. The Morgan fingerprint density at radius 1 is 1.08 bits per heavy atom. The number of amides is 2. The van der Waals surface area contributed by atoms with Gasteiger partial charge >= 0.3 is 0 Å². The van der Waals surface area contributed by atoms with Crippen molar-refractivity contribution in [2.24, 2.45) is 11.0 Å². The van der Waals surface area contributed by atoms with E-state index in [1.165, 1.54) is 0 Å². The molecule has 0 saturated heterocycles. The molecule has 2 N–H and O–H groups in total. The summed E-state index contributed by atoms with van der Waals surface area (Å²) in [6.07, 6.45) is 1.93.